The molecule has 2 aromatic rings. The summed E-state index contributed by atoms with van der Waals surface area (Å²) in [5, 5.41) is 0. The van der Waals surface area contributed by atoms with Gasteiger partial charge in [0.05, 0.1) is 6.61 Å². The number of aromatic nitrogens is 1. The predicted molar refractivity (Wildman–Crippen MR) is 77.3 cm³/mol. The van der Waals surface area contributed by atoms with Crippen LogP contribution < -0.4 is 10.5 Å². The highest BCUT2D eigenvalue weighted by Crippen LogP contribution is 2.23. The fourth-order valence-electron chi connectivity index (χ4n) is 2.17. The summed E-state index contributed by atoms with van der Waals surface area (Å²) in [6, 6.07) is 12.3. The van der Waals surface area contributed by atoms with Crippen LogP contribution in [-0.2, 0) is 6.42 Å². The molecule has 2 N–H and O–H groups in total. The lowest BCUT2D eigenvalue weighted by atomic mass is 9.92. The molecule has 0 aliphatic heterocycles. The topological polar surface area (TPSA) is 48.1 Å². The summed E-state index contributed by atoms with van der Waals surface area (Å²) < 4.78 is 5.54. The zero-order valence-electron chi connectivity index (χ0n) is 11.3. The zero-order valence-corrected chi connectivity index (χ0v) is 11.3. The second-order valence-electron chi connectivity index (χ2n) is 4.50. The van der Waals surface area contributed by atoms with E-state index in [9.17, 15) is 0 Å². The third-order valence-electron chi connectivity index (χ3n) is 3.16. The lowest BCUT2D eigenvalue weighted by Gasteiger charge is -2.16. The van der Waals surface area contributed by atoms with Gasteiger partial charge in [-0.2, -0.15) is 0 Å². The van der Waals surface area contributed by atoms with Gasteiger partial charge in [0.2, 0.25) is 0 Å². The van der Waals surface area contributed by atoms with E-state index < -0.39 is 0 Å². The van der Waals surface area contributed by atoms with Crippen LogP contribution in [0.2, 0.25) is 0 Å². The van der Waals surface area contributed by atoms with Crippen LogP contribution in [-0.4, -0.2) is 18.1 Å². The normalized spacial score (nSPS) is 12.1. The van der Waals surface area contributed by atoms with Gasteiger partial charge in [0.15, 0.2) is 0 Å². The van der Waals surface area contributed by atoms with Crippen molar-refractivity contribution in [2.24, 2.45) is 5.73 Å². The molecule has 0 saturated carbocycles. The molecule has 0 bridgehead atoms. The first-order valence-electron chi connectivity index (χ1n) is 6.65. The van der Waals surface area contributed by atoms with Crippen molar-refractivity contribution in [1.29, 1.82) is 0 Å². The molecule has 2 rings (SSSR count). The fraction of sp³-hybridized carbons (Fsp3) is 0.312. The van der Waals surface area contributed by atoms with Crippen LogP contribution in [0.15, 0.2) is 48.8 Å². The Labute approximate surface area is 114 Å². The van der Waals surface area contributed by atoms with Crippen LogP contribution in [0.5, 0.6) is 5.75 Å². The van der Waals surface area contributed by atoms with Crippen molar-refractivity contribution in [2.45, 2.75) is 19.3 Å². The number of nitrogens with two attached hydrogens (primary N) is 1. The van der Waals surface area contributed by atoms with Crippen molar-refractivity contribution >= 4 is 0 Å². The van der Waals surface area contributed by atoms with Crippen LogP contribution >= 0.6 is 0 Å². The number of pyridine rings is 1. The van der Waals surface area contributed by atoms with Crippen molar-refractivity contribution < 1.29 is 4.74 Å². The maximum atomic E-state index is 5.92. The molecule has 0 aliphatic carbocycles. The molecule has 1 unspecified atom stereocenters. The summed E-state index contributed by atoms with van der Waals surface area (Å²) in [6.45, 7) is 3.29. The van der Waals surface area contributed by atoms with E-state index >= 15 is 0 Å². The average molecular weight is 256 g/mol. The summed E-state index contributed by atoms with van der Waals surface area (Å²) in [6.07, 6.45) is 4.56. The van der Waals surface area contributed by atoms with E-state index in [1.807, 2.05) is 43.6 Å². The van der Waals surface area contributed by atoms with Gasteiger partial charge in [0, 0.05) is 18.3 Å². The molecule has 0 amide bonds. The lowest BCUT2D eigenvalue weighted by molar-refractivity contribution is 0.339. The van der Waals surface area contributed by atoms with E-state index in [0.717, 1.165) is 12.2 Å². The molecule has 19 heavy (non-hydrogen) atoms. The van der Waals surface area contributed by atoms with Crippen molar-refractivity contribution in [3.05, 3.63) is 59.9 Å². The van der Waals surface area contributed by atoms with Crippen molar-refractivity contribution in [1.82, 2.24) is 4.98 Å². The Balaban J connectivity index is 2.15. The molecule has 100 valence electrons. The highest BCUT2D eigenvalue weighted by atomic mass is 16.5. The Morgan fingerprint density at radius 1 is 1.21 bits per heavy atom. The predicted octanol–water partition coefficient (Wildman–Crippen LogP) is 2.77. The van der Waals surface area contributed by atoms with E-state index in [4.69, 9.17) is 10.5 Å². The molecular formula is C16H20N2O. The first-order valence-corrected chi connectivity index (χ1v) is 6.65. The number of hydrogen-bond acceptors (Lipinski definition) is 3. The lowest BCUT2D eigenvalue weighted by Crippen LogP contribution is -2.15. The SMILES string of the molecule is CCOc1cccc(C(CN)Cc2ccncc2)c1. The van der Waals surface area contributed by atoms with Crippen molar-refractivity contribution in [2.75, 3.05) is 13.2 Å². The van der Waals surface area contributed by atoms with Gasteiger partial charge in [-0.3, -0.25) is 4.98 Å². The van der Waals surface area contributed by atoms with Gasteiger partial charge >= 0.3 is 0 Å². The Bertz CT molecular complexity index is 499. The molecule has 1 aromatic carbocycles. The van der Waals surface area contributed by atoms with E-state index in [-0.39, 0.29) is 0 Å². The van der Waals surface area contributed by atoms with Crippen LogP contribution in [0.1, 0.15) is 24.0 Å². The van der Waals surface area contributed by atoms with Gasteiger partial charge in [0.1, 0.15) is 5.75 Å². The van der Waals surface area contributed by atoms with E-state index in [1.54, 1.807) is 0 Å². The van der Waals surface area contributed by atoms with E-state index in [2.05, 4.69) is 17.1 Å². The summed E-state index contributed by atoms with van der Waals surface area (Å²) in [5.41, 5.74) is 8.40. The van der Waals surface area contributed by atoms with Gasteiger partial charge in [-0.1, -0.05) is 12.1 Å². The summed E-state index contributed by atoms with van der Waals surface area (Å²) in [4.78, 5) is 4.04. The highest BCUT2D eigenvalue weighted by molar-refractivity contribution is 5.32. The van der Waals surface area contributed by atoms with Crippen LogP contribution in [0, 0.1) is 0 Å². The molecule has 3 nitrogen and oxygen atoms in total. The number of hydrogen-bond donors (Lipinski definition) is 1. The fourth-order valence-corrected chi connectivity index (χ4v) is 2.17. The molecule has 0 radical (unpaired) electrons. The van der Waals surface area contributed by atoms with Gasteiger partial charge in [-0.25, -0.2) is 0 Å². The minimum Gasteiger partial charge on any atom is -0.494 e. The van der Waals surface area contributed by atoms with Gasteiger partial charge < -0.3 is 10.5 Å². The van der Waals surface area contributed by atoms with Gasteiger partial charge in [-0.05, 0) is 55.3 Å². The first-order chi connectivity index (χ1) is 9.33. The summed E-state index contributed by atoms with van der Waals surface area (Å²) in [5.74, 6) is 1.22. The quantitative estimate of drug-likeness (QED) is 0.864. The number of nitrogens with zero attached hydrogens (tertiary/aromatic N) is 1. The minimum absolute atomic E-state index is 0.308. The van der Waals surface area contributed by atoms with Crippen molar-refractivity contribution in [3.63, 3.8) is 0 Å². The van der Waals surface area contributed by atoms with Gasteiger partial charge in [-0.15, -0.1) is 0 Å². The Hall–Kier alpha value is -1.87. The molecule has 0 aliphatic rings. The Kier molecular flexibility index (Phi) is 4.93. The number of rotatable bonds is 6. The van der Waals surface area contributed by atoms with Crippen LogP contribution in [0.3, 0.4) is 0 Å². The van der Waals surface area contributed by atoms with Crippen LogP contribution in [0.25, 0.3) is 0 Å². The maximum Gasteiger partial charge on any atom is 0.119 e. The standard InChI is InChI=1S/C16H20N2O/c1-2-19-16-5-3-4-14(11-16)15(12-17)10-13-6-8-18-9-7-13/h3-9,11,15H,2,10,12,17H2,1H3. The van der Waals surface area contributed by atoms with Crippen LogP contribution in [0.4, 0.5) is 0 Å². The average Bonchev–Trinajstić information content (AvgIpc) is 2.46. The highest BCUT2D eigenvalue weighted by Gasteiger charge is 2.11. The Morgan fingerprint density at radius 3 is 2.68 bits per heavy atom. The maximum absolute atomic E-state index is 5.92. The smallest absolute Gasteiger partial charge is 0.119 e. The molecule has 1 heterocycles. The Morgan fingerprint density at radius 2 is 2.00 bits per heavy atom. The second kappa shape index (κ2) is 6.90. The molecule has 0 saturated heterocycles. The second-order valence-corrected chi connectivity index (χ2v) is 4.50. The summed E-state index contributed by atoms with van der Waals surface area (Å²) >= 11 is 0. The first kappa shape index (κ1) is 13.6. The molecule has 3 heteroatoms. The molecular weight excluding hydrogens is 236 g/mol. The number of benzene rings is 1. The zero-order chi connectivity index (χ0) is 13.5. The monoisotopic (exact) mass is 256 g/mol. The van der Waals surface area contributed by atoms with Crippen molar-refractivity contribution in [3.8, 4) is 5.75 Å². The molecule has 0 spiro atoms. The van der Waals surface area contributed by atoms with Gasteiger partial charge in [0.25, 0.3) is 0 Å². The largest absolute Gasteiger partial charge is 0.494 e. The van der Waals surface area contributed by atoms with E-state index in [0.29, 0.717) is 19.1 Å². The molecule has 1 atom stereocenters. The third-order valence-corrected chi connectivity index (χ3v) is 3.16. The van der Waals surface area contributed by atoms with E-state index in [1.165, 1.54) is 11.1 Å². The number of ether oxygens (including phenoxy) is 1. The molecule has 1 aromatic heterocycles. The minimum atomic E-state index is 0.308. The summed E-state index contributed by atoms with van der Waals surface area (Å²) in [7, 11) is 0. The third kappa shape index (κ3) is 3.80. The molecule has 0 fully saturated rings.